The Morgan fingerprint density at radius 1 is 1.62 bits per heavy atom. The van der Waals surface area contributed by atoms with Crippen molar-refractivity contribution in [1.82, 2.24) is 0 Å². The van der Waals surface area contributed by atoms with Crippen molar-refractivity contribution in [2.24, 2.45) is 0 Å². The summed E-state index contributed by atoms with van der Waals surface area (Å²) in [5, 5.41) is 18.4. The average molecular weight is 198 g/mol. The lowest BCUT2D eigenvalue weighted by Crippen LogP contribution is -1.89. The van der Waals surface area contributed by atoms with Crippen molar-refractivity contribution < 1.29 is 9.84 Å². The zero-order chi connectivity index (χ0) is 9.84. The number of phenolic OH excluding ortho intramolecular Hbond substituents is 1. The lowest BCUT2D eigenvalue weighted by Gasteiger charge is -2.07. The number of nitriles is 1. The molecule has 0 aliphatic heterocycles. The molecular weight excluding hydrogens is 190 g/mol. The normalized spacial score (nSPS) is 9.31. The van der Waals surface area contributed by atoms with Gasteiger partial charge in [-0.15, -0.1) is 0 Å². The zero-order valence-corrected chi connectivity index (χ0v) is 7.80. The molecule has 3 nitrogen and oxygen atoms in total. The smallest absolute Gasteiger partial charge is 0.163 e. The molecule has 0 saturated heterocycles. The molecule has 1 aromatic rings. The van der Waals surface area contributed by atoms with Crippen molar-refractivity contribution in [3.63, 3.8) is 0 Å². The van der Waals surface area contributed by atoms with Crippen LogP contribution >= 0.6 is 11.6 Å². The van der Waals surface area contributed by atoms with Gasteiger partial charge in [0, 0.05) is 10.6 Å². The third-order valence-corrected chi connectivity index (χ3v) is 2.02. The Kier molecular flexibility index (Phi) is 2.99. The highest BCUT2D eigenvalue weighted by Gasteiger charge is 2.10. The summed E-state index contributed by atoms with van der Waals surface area (Å²) in [6.07, 6.45) is 0.0713. The highest BCUT2D eigenvalue weighted by Crippen LogP contribution is 2.34. The topological polar surface area (TPSA) is 53.2 Å². The number of hydrogen-bond acceptors (Lipinski definition) is 3. The van der Waals surface area contributed by atoms with Crippen LogP contribution in [0.25, 0.3) is 0 Å². The van der Waals surface area contributed by atoms with Crippen LogP contribution in [0.4, 0.5) is 0 Å². The Balaban J connectivity index is 3.23. The van der Waals surface area contributed by atoms with Gasteiger partial charge in [-0.25, -0.2) is 0 Å². The molecule has 1 aromatic carbocycles. The maximum absolute atomic E-state index is 9.54. The second-order valence-corrected chi connectivity index (χ2v) is 2.82. The first-order valence-corrected chi connectivity index (χ1v) is 3.99. The standard InChI is InChI=1S/C9H8ClNO2/c1-13-8-3-2-7(10)6(4-5-11)9(8)12/h2-3,12H,4H2,1H3. The van der Waals surface area contributed by atoms with Crippen LogP contribution < -0.4 is 4.74 Å². The van der Waals surface area contributed by atoms with Crippen LogP contribution in [0.5, 0.6) is 11.5 Å². The van der Waals surface area contributed by atoms with Crippen LogP contribution in [-0.4, -0.2) is 12.2 Å². The van der Waals surface area contributed by atoms with E-state index in [1.165, 1.54) is 7.11 Å². The van der Waals surface area contributed by atoms with Gasteiger partial charge in [-0.2, -0.15) is 5.26 Å². The predicted octanol–water partition coefficient (Wildman–Crippen LogP) is 2.12. The molecule has 0 atom stereocenters. The van der Waals surface area contributed by atoms with Gasteiger partial charge < -0.3 is 9.84 Å². The van der Waals surface area contributed by atoms with E-state index in [1.54, 1.807) is 12.1 Å². The van der Waals surface area contributed by atoms with E-state index in [9.17, 15) is 5.11 Å². The fourth-order valence-electron chi connectivity index (χ4n) is 1.00. The number of methoxy groups -OCH3 is 1. The SMILES string of the molecule is COc1ccc(Cl)c(CC#N)c1O. The van der Waals surface area contributed by atoms with Gasteiger partial charge in [-0.3, -0.25) is 0 Å². The van der Waals surface area contributed by atoms with E-state index in [1.807, 2.05) is 6.07 Å². The first-order valence-electron chi connectivity index (χ1n) is 3.62. The minimum atomic E-state index is -0.0587. The number of hydrogen-bond donors (Lipinski definition) is 1. The third-order valence-electron chi connectivity index (χ3n) is 1.66. The number of ether oxygens (including phenoxy) is 1. The Labute approximate surface area is 81.1 Å². The molecule has 0 aliphatic rings. The molecule has 0 unspecified atom stereocenters. The summed E-state index contributed by atoms with van der Waals surface area (Å²) >= 11 is 5.77. The number of halogens is 1. The fourth-order valence-corrected chi connectivity index (χ4v) is 1.22. The van der Waals surface area contributed by atoms with Gasteiger partial charge in [0.1, 0.15) is 0 Å². The summed E-state index contributed by atoms with van der Waals surface area (Å²) in [5.41, 5.74) is 0.406. The van der Waals surface area contributed by atoms with E-state index < -0.39 is 0 Å². The number of rotatable bonds is 2. The summed E-state index contributed by atoms with van der Waals surface area (Å²) in [7, 11) is 1.44. The lowest BCUT2D eigenvalue weighted by atomic mass is 10.1. The Morgan fingerprint density at radius 2 is 2.31 bits per heavy atom. The van der Waals surface area contributed by atoms with Crippen molar-refractivity contribution >= 4 is 11.6 Å². The number of nitrogens with zero attached hydrogens (tertiary/aromatic N) is 1. The first-order chi connectivity index (χ1) is 6.20. The quantitative estimate of drug-likeness (QED) is 0.790. The van der Waals surface area contributed by atoms with E-state index in [2.05, 4.69) is 0 Å². The minimum Gasteiger partial charge on any atom is -0.504 e. The Hall–Kier alpha value is -1.40. The monoisotopic (exact) mass is 197 g/mol. The average Bonchev–Trinajstić information content (AvgIpc) is 2.12. The highest BCUT2D eigenvalue weighted by molar-refractivity contribution is 6.31. The van der Waals surface area contributed by atoms with Crippen molar-refractivity contribution in [3.05, 3.63) is 22.7 Å². The van der Waals surface area contributed by atoms with Crippen molar-refractivity contribution in [2.45, 2.75) is 6.42 Å². The molecule has 0 bridgehead atoms. The third kappa shape index (κ3) is 1.85. The minimum absolute atomic E-state index is 0.0587. The number of benzene rings is 1. The molecule has 0 amide bonds. The highest BCUT2D eigenvalue weighted by atomic mass is 35.5. The molecule has 0 spiro atoms. The lowest BCUT2D eigenvalue weighted by molar-refractivity contribution is 0.371. The molecule has 0 heterocycles. The molecule has 4 heteroatoms. The second-order valence-electron chi connectivity index (χ2n) is 2.41. The molecule has 0 aliphatic carbocycles. The van der Waals surface area contributed by atoms with Crippen molar-refractivity contribution in [2.75, 3.05) is 7.11 Å². The number of phenols is 1. The summed E-state index contributed by atoms with van der Waals surface area (Å²) in [6, 6.07) is 5.06. The van der Waals surface area contributed by atoms with Gasteiger partial charge in [0.05, 0.1) is 19.6 Å². The second kappa shape index (κ2) is 4.01. The van der Waals surface area contributed by atoms with Crippen LogP contribution in [0.1, 0.15) is 5.56 Å². The van der Waals surface area contributed by atoms with Crippen molar-refractivity contribution in [3.8, 4) is 17.6 Å². The van der Waals surface area contributed by atoms with Gasteiger partial charge in [0.2, 0.25) is 0 Å². The van der Waals surface area contributed by atoms with E-state index in [0.717, 1.165) is 0 Å². The van der Waals surface area contributed by atoms with Gasteiger partial charge in [-0.1, -0.05) is 11.6 Å². The predicted molar refractivity (Wildman–Crippen MR) is 49.0 cm³/mol. The van der Waals surface area contributed by atoms with Gasteiger partial charge in [0.25, 0.3) is 0 Å². The summed E-state index contributed by atoms with van der Waals surface area (Å²) < 4.78 is 4.87. The van der Waals surface area contributed by atoms with Crippen LogP contribution in [0, 0.1) is 11.3 Å². The molecule has 1 rings (SSSR count). The van der Waals surface area contributed by atoms with E-state index in [4.69, 9.17) is 21.6 Å². The summed E-state index contributed by atoms with van der Waals surface area (Å²) in [4.78, 5) is 0. The van der Waals surface area contributed by atoms with Crippen LogP contribution in [0.2, 0.25) is 5.02 Å². The van der Waals surface area contributed by atoms with Crippen LogP contribution in [-0.2, 0) is 6.42 Å². The Morgan fingerprint density at radius 3 is 2.85 bits per heavy atom. The van der Waals surface area contributed by atoms with Gasteiger partial charge >= 0.3 is 0 Å². The van der Waals surface area contributed by atoms with Crippen LogP contribution in [0.3, 0.4) is 0 Å². The van der Waals surface area contributed by atoms with Crippen LogP contribution in [0.15, 0.2) is 12.1 Å². The largest absolute Gasteiger partial charge is 0.504 e. The molecule has 1 N–H and O–H groups in total. The summed E-state index contributed by atoms with van der Waals surface area (Å²) in [5.74, 6) is 0.270. The van der Waals surface area contributed by atoms with Crippen molar-refractivity contribution in [1.29, 1.82) is 5.26 Å². The van der Waals surface area contributed by atoms with E-state index >= 15 is 0 Å². The molecule has 0 saturated carbocycles. The maximum Gasteiger partial charge on any atom is 0.163 e. The molecule has 68 valence electrons. The van der Waals surface area contributed by atoms with E-state index in [0.29, 0.717) is 16.3 Å². The molecule has 13 heavy (non-hydrogen) atoms. The molecule has 0 aromatic heterocycles. The van der Waals surface area contributed by atoms with Gasteiger partial charge in [0.15, 0.2) is 11.5 Å². The van der Waals surface area contributed by atoms with E-state index in [-0.39, 0.29) is 12.2 Å². The molecule has 0 radical (unpaired) electrons. The fraction of sp³-hybridized carbons (Fsp3) is 0.222. The first kappa shape index (κ1) is 9.69. The Bertz CT molecular complexity index is 357. The molecular formula is C9H8ClNO2. The van der Waals surface area contributed by atoms with Gasteiger partial charge in [-0.05, 0) is 12.1 Å². The number of aromatic hydroxyl groups is 1. The summed E-state index contributed by atoms with van der Waals surface area (Å²) in [6.45, 7) is 0. The zero-order valence-electron chi connectivity index (χ0n) is 7.04. The maximum atomic E-state index is 9.54. The molecule has 0 fully saturated rings.